The number of ether oxygens (including phenoxy) is 1. The molecule has 2 heterocycles. The zero-order valence-electron chi connectivity index (χ0n) is 11.7. The van der Waals surface area contributed by atoms with Gasteiger partial charge in [-0.15, -0.1) is 0 Å². The van der Waals surface area contributed by atoms with E-state index >= 15 is 0 Å². The first-order valence-electron chi connectivity index (χ1n) is 6.50. The summed E-state index contributed by atoms with van der Waals surface area (Å²) in [6.07, 6.45) is 1.72. The largest absolute Gasteiger partial charge is 0.492 e. The van der Waals surface area contributed by atoms with Crippen LogP contribution in [0.15, 0.2) is 30.5 Å². The number of hydrogen-bond acceptors (Lipinski definition) is 5. The van der Waals surface area contributed by atoms with Crippen molar-refractivity contribution in [2.24, 2.45) is 7.05 Å². The quantitative estimate of drug-likeness (QED) is 0.804. The Hall–Kier alpha value is -2.41. The fraction of sp³-hybridized carbons (Fsp3) is 0.214. The normalized spacial score (nSPS) is 10.8. The molecule has 21 heavy (non-hydrogen) atoms. The first-order valence-corrected chi connectivity index (χ1v) is 7.32. The summed E-state index contributed by atoms with van der Waals surface area (Å²) in [7, 11) is 1.77. The number of amides is 1. The van der Waals surface area contributed by atoms with Crippen LogP contribution in [-0.2, 0) is 7.05 Å². The van der Waals surface area contributed by atoms with Gasteiger partial charge in [0.15, 0.2) is 10.8 Å². The van der Waals surface area contributed by atoms with Gasteiger partial charge in [0, 0.05) is 13.2 Å². The summed E-state index contributed by atoms with van der Waals surface area (Å²) in [6.45, 7) is 2.50. The summed E-state index contributed by atoms with van der Waals surface area (Å²) in [4.78, 5) is 16.5. The Bertz CT molecular complexity index is 793. The molecular weight excluding hydrogens is 288 g/mol. The van der Waals surface area contributed by atoms with Gasteiger partial charge in [-0.2, -0.15) is 5.10 Å². The number of carbonyl (C=O) groups excluding carboxylic acids is 1. The second-order valence-electron chi connectivity index (χ2n) is 4.38. The van der Waals surface area contributed by atoms with Crippen LogP contribution in [0.25, 0.3) is 10.2 Å². The fourth-order valence-corrected chi connectivity index (χ4v) is 2.82. The van der Waals surface area contributed by atoms with Gasteiger partial charge < -0.3 is 4.74 Å². The average molecular weight is 302 g/mol. The highest BCUT2D eigenvalue weighted by Crippen LogP contribution is 2.32. The van der Waals surface area contributed by atoms with Gasteiger partial charge in [0.25, 0.3) is 5.91 Å². The Morgan fingerprint density at radius 1 is 1.43 bits per heavy atom. The molecule has 0 saturated heterocycles. The van der Waals surface area contributed by atoms with Crippen molar-refractivity contribution in [2.45, 2.75) is 6.92 Å². The monoisotopic (exact) mass is 302 g/mol. The van der Waals surface area contributed by atoms with Gasteiger partial charge in [0.1, 0.15) is 11.3 Å². The van der Waals surface area contributed by atoms with Crippen LogP contribution in [0.1, 0.15) is 17.4 Å². The molecule has 6 nitrogen and oxygen atoms in total. The van der Waals surface area contributed by atoms with Crippen LogP contribution in [-0.4, -0.2) is 27.3 Å². The summed E-state index contributed by atoms with van der Waals surface area (Å²) in [5.74, 6) is 0.456. The molecule has 0 atom stereocenters. The lowest BCUT2D eigenvalue weighted by Crippen LogP contribution is -2.12. The number of fused-ring (bicyclic) bond motifs is 1. The second kappa shape index (κ2) is 5.53. The van der Waals surface area contributed by atoms with Crippen LogP contribution in [0.4, 0.5) is 5.13 Å². The summed E-state index contributed by atoms with van der Waals surface area (Å²) < 4.78 is 8.09. The first kappa shape index (κ1) is 13.6. The molecule has 1 N–H and O–H groups in total. The lowest BCUT2D eigenvalue weighted by molar-refractivity contribution is 0.102. The average Bonchev–Trinajstić information content (AvgIpc) is 3.05. The van der Waals surface area contributed by atoms with Crippen LogP contribution >= 0.6 is 11.3 Å². The number of carbonyl (C=O) groups is 1. The Morgan fingerprint density at radius 2 is 2.29 bits per heavy atom. The summed E-state index contributed by atoms with van der Waals surface area (Å²) in [5, 5.41) is 7.37. The van der Waals surface area contributed by atoms with Crippen molar-refractivity contribution < 1.29 is 9.53 Å². The van der Waals surface area contributed by atoms with Crippen molar-refractivity contribution in [2.75, 3.05) is 11.9 Å². The number of rotatable bonds is 4. The highest BCUT2D eigenvalue weighted by molar-refractivity contribution is 7.22. The highest BCUT2D eigenvalue weighted by Gasteiger charge is 2.13. The Morgan fingerprint density at radius 3 is 3.00 bits per heavy atom. The highest BCUT2D eigenvalue weighted by atomic mass is 32.1. The van der Waals surface area contributed by atoms with E-state index in [1.54, 1.807) is 24.0 Å². The maximum Gasteiger partial charge on any atom is 0.277 e. The zero-order chi connectivity index (χ0) is 14.8. The van der Waals surface area contributed by atoms with E-state index in [1.165, 1.54) is 11.3 Å². The molecule has 1 amide bonds. The molecule has 0 aliphatic heterocycles. The molecule has 0 unspecified atom stereocenters. The minimum absolute atomic E-state index is 0.271. The topological polar surface area (TPSA) is 69.0 Å². The van der Waals surface area contributed by atoms with Crippen LogP contribution < -0.4 is 10.1 Å². The molecule has 0 radical (unpaired) electrons. The number of thiazole rings is 1. The molecule has 1 aromatic carbocycles. The molecule has 0 aliphatic carbocycles. The summed E-state index contributed by atoms with van der Waals surface area (Å²) in [6, 6.07) is 7.39. The van der Waals surface area contributed by atoms with E-state index in [-0.39, 0.29) is 5.91 Å². The van der Waals surface area contributed by atoms with Crippen molar-refractivity contribution in [1.29, 1.82) is 0 Å². The van der Waals surface area contributed by atoms with Crippen molar-refractivity contribution in [1.82, 2.24) is 14.8 Å². The maximum atomic E-state index is 12.1. The van der Waals surface area contributed by atoms with Gasteiger partial charge in [0.2, 0.25) is 0 Å². The lowest BCUT2D eigenvalue weighted by Gasteiger charge is -2.02. The van der Waals surface area contributed by atoms with Crippen molar-refractivity contribution in [3.63, 3.8) is 0 Å². The zero-order valence-corrected chi connectivity index (χ0v) is 12.5. The predicted molar refractivity (Wildman–Crippen MR) is 82.0 cm³/mol. The number of aromatic nitrogens is 3. The third kappa shape index (κ3) is 2.73. The van der Waals surface area contributed by atoms with Crippen LogP contribution in [0.2, 0.25) is 0 Å². The molecule has 0 bridgehead atoms. The number of hydrogen-bond donors (Lipinski definition) is 1. The van der Waals surface area contributed by atoms with Crippen LogP contribution in [0, 0.1) is 0 Å². The molecule has 3 aromatic rings. The van der Waals surface area contributed by atoms with Gasteiger partial charge >= 0.3 is 0 Å². The van der Waals surface area contributed by atoms with E-state index in [9.17, 15) is 4.79 Å². The molecule has 0 fully saturated rings. The minimum Gasteiger partial charge on any atom is -0.492 e. The Labute approximate surface area is 125 Å². The molecule has 0 aliphatic rings. The molecular formula is C14H14N4O2S. The van der Waals surface area contributed by atoms with Gasteiger partial charge in [0.05, 0.1) is 11.3 Å². The molecule has 0 spiro atoms. The number of para-hydroxylation sites is 1. The third-order valence-electron chi connectivity index (χ3n) is 2.85. The minimum atomic E-state index is -0.271. The summed E-state index contributed by atoms with van der Waals surface area (Å²) in [5.41, 5.74) is 1.13. The van der Waals surface area contributed by atoms with E-state index in [4.69, 9.17) is 4.74 Å². The standard InChI is InChI=1S/C14H14N4O2S/c1-3-20-10-5-4-6-11-12(10)15-14(21-11)16-13(19)9-7-8-18(2)17-9/h4-8H,3H2,1-2H3,(H,15,16,19). The van der Waals surface area contributed by atoms with E-state index in [0.29, 0.717) is 17.4 Å². The maximum absolute atomic E-state index is 12.1. The fourth-order valence-electron chi connectivity index (χ4n) is 1.95. The SMILES string of the molecule is CCOc1cccc2sc(NC(=O)c3ccn(C)n3)nc12. The summed E-state index contributed by atoms with van der Waals surface area (Å²) >= 11 is 1.41. The van der Waals surface area contributed by atoms with Gasteiger partial charge in [-0.25, -0.2) is 4.98 Å². The van der Waals surface area contributed by atoms with E-state index in [0.717, 1.165) is 16.0 Å². The lowest BCUT2D eigenvalue weighted by atomic mass is 10.3. The second-order valence-corrected chi connectivity index (χ2v) is 5.41. The first-order chi connectivity index (χ1) is 10.2. The molecule has 2 aromatic heterocycles. The number of nitrogens with zero attached hydrogens (tertiary/aromatic N) is 3. The van der Waals surface area contributed by atoms with Crippen molar-refractivity contribution >= 4 is 32.6 Å². The molecule has 108 valence electrons. The van der Waals surface area contributed by atoms with Crippen molar-refractivity contribution in [3.8, 4) is 5.75 Å². The number of nitrogens with one attached hydrogen (secondary N) is 1. The number of anilines is 1. The van der Waals surface area contributed by atoms with Crippen LogP contribution in [0.3, 0.4) is 0 Å². The van der Waals surface area contributed by atoms with Crippen LogP contribution in [0.5, 0.6) is 5.75 Å². The molecule has 0 saturated carbocycles. The van der Waals surface area contributed by atoms with E-state index in [1.807, 2.05) is 25.1 Å². The van der Waals surface area contributed by atoms with E-state index in [2.05, 4.69) is 15.4 Å². The number of aryl methyl sites for hydroxylation is 1. The predicted octanol–water partition coefficient (Wildman–Crippen LogP) is 2.68. The third-order valence-corrected chi connectivity index (χ3v) is 3.78. The Kier molecular flexibility index (Phi) is 3.57. The van der Waals surface area contributed by atoms with Gasteiger partial charge in [-0.3, -0.25) is 14.8 Å². The molecule has 7 heteroatoms. The number of benzene rings is 1. The van der Waals surface area contributed by atoms with E-state index < -0.39 is 0 Å². The van der Waals surface area contributed by atoms with Crippen molar-refractivity contribution in [3.05, 3.63) is 36.2 Å². The van der Waals surface area contributed by atoms with Gasteiger partial charge in [-0.1, -0.05) is 17.4 Å². The smallest absolute Gasteiger partial charge is 0.277 e. The van der Waals surface area contributed by atoms with Gasteiger partial charge in [-0.05, 0) is 25.1 Å². The molecule has 3 rings (SSSR count). The Balaban J connectivity index is 1.87.